The Morgan fingerprint density at radius 1 is 1.27 bits per heavy atom. The molecule has 3 rings (SSSR count). The zero-order valence-corrected chi connectivity index (χ0v) is 13.9. The Labute approximate surface area is 134 Å². The van der Waals surface area contributed by atoms with Crippen molar-refractivity contribution in [2.24, 2.45) is 0 Å². The Kier molecular flexibility index (Phi) is 4.66. The molecule has 2 aromatic heterocycles. The summed E-state index contributed by atoms with van der Waals surface area (Å²) in [6.45, 7) is 4.18. The monoisotopic (exact) mass is 318 g/mol. The molecule has 0 saturated heterocycles. The fourth-order valence-electron chi connectivity index (χ4n) is 2.86. The Balaban J connectivity index is 1.70. The third-order valence-corrected chi connectivity index (χ3v) is 5.07. The molecule has 1 fully saturated rings. The fraction of sp³-hybridized carbons (Fsp3) is 0.562. The summed E-state index contributed by atoms with van der Waals surface area (Å²) in [7, 11) is 0. The number of thioether (sulfide) groups is 1. The molecule has 1 aliphatic rings. The quantitative estimate of drug-likeness (QED) is 0.626. The minimum Gasteiger partial charge on any atom is -0.325 e. The molecule has 0 atom stereocenters. The minimum atomic E-state index is -0.184. The topological polar surface area (TPSA) is 52.7 Å². The summed E-state index contributed by atoms with van der Waals surface area (Å²) in [4.78, 5) is 15.6. The zero-order chi connectivity index (χ0) is 15.5. The molecule has 1 aliphatic carbocycles. The van der Waals surface area contributed by atoms with Crippen LogP contribution in [-0.4, -0.2) is 19.3 Å². The molecule has 0 radical (unpaired) electrons. The largest absolute Gasteiger partial charge is 0.325 e. The Morgan fingerprint density at radius 2 is 2.05 bits per heavy atom. The summed E-state index contributed by atoms with van der Waals surface area (Å²) in [6, 6.07) is 4.44. The molecular weight excluding hydrogens is 296 g/mol. The number of hydrogen-bond acceptors (Lipinski definition) is 4. The standard InChI is InChI=1S/C16H22N4OS/c1-12(2)19-9-8-15(21)17-16(19)22-11-13-7-10-20(18-13)14-5-3-4-6-14/h7-10,12,14H,3-6,11H2,1-2H3. The highest BCUT2D eigenvalue weighted by atomic mass is 32.2. The number of aromatic nitrogens is 4. The van der Waals surface area contributed by atoms with E-state index in [9.17, 15) is 4.79 Å². The average molecular weight is 318 g/mol. The maximum Gasteiger partial charge on any atom is 0.273 e. The number of hydrogen-bond donors (Lipinski definition) is 0. The van der Waals surface area contributed by atoms with Gasteiger partial charge in [0, 0.05) is 30.3 Å². The van der Waals surface area contributed by atoms with Crippen molar-refractivity contribution in [3.63, 3.8) is 0 Å². The van der Waals surface area contributed by atoms with E-state index in [1.807, 2.05) is 10.8 Å². The third-order valence-electron chi connectivity index (χ3n) is 4.07. The van der Waals surface area contributed by atoms with Gasteiger partial charge in [-0.25, -0.2) is 0 Å². The Bertz CT molecular complexity index is 685. The van der Waals surface area contributed by atoms with Crippen molar-refractivity contribution in [1.29, 1.82) is 0 Å². The van der Waals surface area contributed by atoms with Crippen LogP contribution >= 0.6 is 11.8 Å². The van der Waals surface area contributed by atoms with E-state index in [-0.39, 0.29) is 11.6 Å². The highest BCUT2D eigenvalue weighted by Crippen LogP contribution is 2.29. The van der Waals surface area contributed by atoms with Crippen LogP contribution in [0.3, 0.4) is 0 Å². The lowest BCUT2D eigenvalue weighted by Gasteiger charge is -2.14. The van der Waals surface area contributed by atoms with E-state index in [0.717, 1.165) is 16.6 Å². The molecule has 0 aromatic carbocycles. The van der Waals surface area contributed by atoms with Gasteiger partial charge in [-0.1, -0.05) is 24.6 Å². The van der Waals surface area contributed by atoms with Crippen molar-refractivity contribution in [3.05, 3.63) is 40.6 Å². The molecule has 5 nitrogen and oxygen atoms in total. The Hall–Kier alpha value is -1.56. The first-order chi connectivity index (χ1) is 10.6. The van der Waals surface area contributed by atoms with Crippen LogP contribution in [0.4, 0.5) is 0 Å². The smallest absolute Gasteiger partial charge is 0.273 e. The molecule has 6 heteroatoms. The van der Waals surface area contributed by atoms with E-state index in [1.165, 1.54) is 31.7 Å². The van der Waals surface area contributed by atoms with Crippen molar-refractivity contribution in [3.8, 4) is 0 Å². The number of nitrogens with zero attached hydrogens (tertiary/aromatic N) is 4. The van der Waals surface area contributed by atoms with Crippen molar-refractivity contribution < 1.29 is 0 Å². The molecular formula is C16H22N4OS. The second-order valence-corrected chi connectivity index (χ2v) is 7.01. The molecule has 1 saturated carbocycles. The van der Waals surface area contributed by atoms with Crippen LogP contribution in [0.2, 0.25) is 0 Å². The van der Waals surface area contributed by atoms with Gasteiger partial charge in [0.05, 0.1) is 11.7 Å². The number of rotatable bonds is 5. The van der Waals surface area contributed by atoms with Gasteiger partial charge in [-0.15, -0.1) is 0 Å². The van der Waals surface area contributed by atoms with Crippen molar-refractivity contribution in [2.75, 3.05) is 0 Å². The summed E-state index contributed by atoms with van der Waals surface area (Å²) >= 11 is 1.57. The summed E-state index contributed by atoms with van der Waals surface area (Å²) in [5, 5.41) is 5.45. The average Bonchev–Trinajstić information content (AvgIpc) is 3.16. The van der Waals surface area contributed by atoms with Crippen LogP contribution in [-0.2, 0) is 5.75 Å². The summed E-state index contributed by atoms with van der Waals surface area (Å²) in [6.07, 6.45) is 8.99. The van der Waals surface area contributed by atoms with Gasteiger partial charge in [0.2, 0.25) is 0 Å². The lowest BCUT2D eigenvalue weighted by Crippen LogP contribution is -2.14. The molecule has 2 heterocycles. The van der Waals surface area contributed by atoms with Gasteiger partial charge < -0.3 is 4.57 Å². The van der Waals surface area contributed by atoms with Crippen LogP contribution in [0.25, 0.3) is 0 Å². The summed E-state index contributed by atoms with van der Waals surface area (Å²) in [5.74, 6) is 0.739. The van der Waals surface area contributed by atoms with Crippen LogP contribution in [0, 0.1) is 0 Å². The zero-order valence-electron chi connectivity index (χ0n) is 13.1. The van der Waals surface area contributed by atoms with E-state index >= 15 is 0 Å². The van der Waals surface area contributed by atoms with Gasteiger partial charge in [0.25, 0.3) is 5.56 Å². The van der Waals surface area contributed by atoms with Crippen molar-refractivity contribution >= 4 is 11.8 Å². The second-order valence-electron chi connectivity index (χ2n) is 6.06. The van der Waals surface area contributed by atoms with Gasteiger partial charge in [-0.3, -0.25) is 9.48 Å². The molecule has 0 unspecified atom stereocenters. The third kappa shape index (κ3) is 3.43. The maximum atomic E-state index is 11.5. The second kappa shape index (κ2) is 6.69. The maximum absolute atomic E-state index is 11.5. The summed E-state index contributed by atoms with van der Waals surface area (Å²) < 4.78 is 4.14. The van der Waals surface area contributed by atoms with Gasteiger partial charge in [-0.05, 0) is 32.8 Å². The highest BCUT2D eigenvalue weighted by Gasteiger charge is 2.17. The van der Waals surface area contributed by atoms with Gasteiger partial charge in [0.15, 0.2) is 5.16 Å². The molecule has 0 spiro atoms. The van der Waals surface area contributed by atoms with Crippen LogP contribution in [0.1, 0.15) is 57.3 Å². The predicted octanol–water partition coefficient (Wildman–Crippen LogP) is 3.43. The summed E-state index contributed by atoms with van der Waals surface area (Å²) in [5.41, 5.74) is 0.862. The molecule has 2 aromatic rings. The van der Waals surface area contributed by atoms with Gasteiger partial charge in [0.1, 0.15) is 0 Å². The molecule has 22 heavy (non-hydrogen) atoms. The van der Waals surface area contributed by atoms with E-state index in [2.05, 4.69) is 40.9 Å². The molecule has 0 aliphatic heterocycles. The molecule has 0 bridgehead atoms. The van der Waals surface area contributed by atoms with Crippen LogP contribution < -0.4 is 5.56 Å². The van der Waals surface area contributed by atoms with E-state index in [1.54, 1.807) is 11.8 Å². The van der Waals surface area contributed by atoms with Crippen molar-refractivity contribution in [1.82, 2.24) is 19.3 Å². The van der Waals surface area contributed by atoms with E-state index in [0.29, 0.717) is 6.04 Å². The fourth-order valence-corrected chi connectivity index (χ4v) is 3.87. The minimum absolute atomic E-state index is 0.184. The van der Waals surface area contributed by atoms with Crippen molar-refractivity contribution in [2.45, 2.75) is 62.5 Å². The van der Waals surface area contributed by atoms with Gasteiger partial charge >= 0.3 is 0 Å². The molecule has 118 valence electrons. The molecule has 0 amide bonds. The Morgan fingerprint density at radius 3 is 2.77 bits per heavy atom. The van der Waals surface area contributed by atoms with E-state index in [4.69, 9.17) is 0 Å². The van der Waals surface area contributed by atoms with Crippen LogP contribution in [0.15, 0.2) is 34.5 Å². The van der Waals surface area contributed by atoms with E-state index < -0.39 is 0 Å². The normalized spacial score (nSPS) is 15.8. The first-order valence-corrected chi connectivity index (χ1v) is 8.88. The molecule has 0 N–H and O–H groups in total. The lowest BCUT2D eigenvalue weighted by atomic mass is 10.3. The van der Waals surface area contributed by atoms with Gasteiger partial charge in [-0.2, -0.15) is 10.1 Å². The van der Waals surface area contributed by atoms with Crippen LogP contribution in [0.5, 0.6) is 0 Å². The predicted molar refractivity (Wildman–Crippen MR) is 88.2 cm³/mol. The lowest BCUT2D eigenvalue weighted by molar-refractivity contribution is 0.464. The SMILES string of the molecule is CC(C)n1ccc(=O)nc1SCc1ccn(C2CCCC2)n1. The first kappa shape index (κ1) is 15.3. The highest BCUT2D eigenvalue weighted by molar-refractivity contribution is 7.98. The first-order valence-electron chi connectivity index (χ1n) is 7.89.